The number of carbonyl (C=O) groups excluding carboxylic acids is 1. The van der Waals surface area contributed by atoms with Gasteiger partial charge in [-0.1, -0.05) is 24.2 Å². The number of rotatable bonds is 6. The molecule has 106 valence electrons. The molecule has 0 saturated heterocycles. The molecular formula is C15H18N2O3. The van der Waals surface area contributed by atoms with Crippen molar-refractivity contribution < 1.29 is 14.1 Å². The van der Waals surface area contributed by atoms with Crippen LogP contribution in [0.3, 0.4) is 0 Å². The van der Waals surface area contributed by atoms with Crippen LogP contribution >= 0.6 is 0 Å². The van der Waals surface area contributed by atoms with Crippen LogP contribution in [0.15, 0.2) is 41.1 Å². The van der Waals surface area contributed by atoms with Crippen LogP contribution in [0.4, 0.5) is 0 Å². The monoisotopic (exact) mass is 274 g/mol. The summed E-state index contributed by atoms with van der Waals surface area (Å²) < 4.78 is 9.76. The van der Waals surface area contributed by atoms with Crippen molar-refractivity contribution in [2.75, 3.05) is 13.7 Å². The van der Waals surface area contributed by atoms with Crippen molar-refractivity contribution in [2.24, 2.45) is 5.92 Å². The molecule has 0 fully saturated rings. The summed E-state index contributed by atoms with van der Waals surface area (Å²) in [7, 11) is 1.65. The van der Waals surface area contributed by atoms with Gasteiger partial charge in [0, 0.05) is 12.6 Å². The molecule has 2 aromatic rings. The van der Waals surface area contributed by atoms with Crippen molar-refractivity contribution in [1.82, 2.24) is 10.5 Å². The highest BCUT2D eigenvalue weighted by molar-refractivity contribution is 5.91. The molecule has 0 aliphatic rings. The third kappa shape index (κ3) is 3.85. The Morgan fingerprint density at radius 3 is 2.70 bits per heavy atom. The van der Waals surface area contributed by atoms with Crippen LogP contribution in [0.5, 0.6) is 5.75 Å². The van der Waals surface area contributed by atoms with E-state index >= 15 is 0 Å². The third-order valence-corrected chi connectivity index (χ3v) is 3.02. The Hall–Kier alpha value is -2.30. The van der Waals surface area contributed by atoms with E-state index in [0.717, 1.165) is 12.2 Å². The van der Waals surface area contributed by atoms with Crippen LogP contribution in [0.1, 0.15) is 23.0 Å². The van der Waals surface area contributed by atoms with Crippen molar-refractivity contribution in [3.8, 4) is 5.75 Å². The van der Waals surface area contributed by atoms with Crippen molar-refractivity contribution in [1.29, 1.82) is 0 Å². The Balaban J connectivity index is 1.80. The van der Waals surface area contributed by atoms with Crippen LogP contribution < -0.4 is 10.1 Å². The Kier molecular flexibility index (Phi) is 4.76. The Morgan fingerprint density at radius 1 is 1.35 bits per heavy atom. The van der Waals surface area contributed by atoms with Gasteiger partial charge in [0.05, 0.1) is 7.11 Å². The van der Waals surface area contributed by atoms with Gasteiger partial charge in [0.1, 0.15) is 12.0 Å². The fourth-order valence-electron chi connectivity index (χ4n) is 1.92. The molecule has 0 radical (unpaired) electrons. The first-order chi connectivity index (χ1) is 9.69. The van der Waals surface area contributed by atoms with Gasteiger partial charge in [0.2, 0.25) is 0 Å². The second-order valence-electron chi connectivity index (χ2n) is 4.75. The molecule has 0 aliphatic carbocycles. The lowest BCUT2D eigenvalue weighted by molar-refractivity contribution is 0.0939. The number of nitrogens with zero attached hydrogens (tertiary/aromatic N) is 1. The standard InChI is InChI=1S/C15H18N2O3/c1-11(9-12-3-5-13(19-2)6-4-12)10-16-15(18)14-7-8-20-17-14/h3-8,11H,9-10H2,1-2H3,(H,16,18)/t11-/m0/s1. The van der Waals surface area contributed by atoms with Gasteiger partial charge in [-0.2, -0.15) is 0 Å². The number of methoxy groups -OCH3 is 1. The molecule has 0 aliphatic heterocycles. The first-order valence-corrected chi connectivity index (χ1v) is 6.50. The summed E-state index contributed by atoms with van der Waals surface area (Å²) in [6.45, 7) is 2.69. The molecule has 1 amide bonds. The van der Waals surface area contributed by atoms with Crippen molar-refractivity contribution >= 4 is 5.91 Å². The molecule has 5 nitrogen and oxygen atoms in total. The predicted molar refractivity (Wildman–Crippen MR) is 74.7 cm³/mol. The molecule has 1 atom stereocenters. The van der Waals surface area contributed by atoms with Gasteiger partial charge in [0.15, 0.2) is 5.69 Å². The maximum absolute atomic E-state index is 11.7. The Bertz CT molecular complexity index is 535. The Labute approximate surface area is 117 Å². The topological polar surface area (TPSA) is 64.4 Å². The highest BCUT2D eigenvalue weighted by atomic mass is 16.5. The van der Waals surface area contributed by atoms with E-state index in [2.05, 4.69) is 21.9 Å². The summed E-state index contributed by atoms with van der Waals surface area (Å²) >= 11 is 0. The molecule has 1 aromatic heterocycles. The van der Waals surface area contributed by atoms with Crippen LogP contribution in [0, 0.1) is 5.92 Å². The first kappa shape index (κ1) is 14.1. The van der Waals surface area contributed by atoms with E-state index in [-0.39, 0.29) is 5.91 Å². The minimum absolute atomic E-state index is 0.208. The number of hydrogen-bond acceptors (Lipinski definition) is 4. The first-order valence-electron chi connectivity index (χ1n) is 6.50. The van der Waals surface area contributed by atoms with E-state index in [1.54, 1.807) is 13.2 Å². The molecule has 2 rings (SSSR count). The fourth-order valence-corrected chi connectivity index (χ4v) is 1.92. The molecule has 0 saturated carbocycles. The molecule has 0 spiro atoms. The number of aromatic nitrogens is 1. The predicted octanol–water partition coefficient (Wildman–Crippen LogP) is 2.29. The van der Waals surface area contributed by atoms with E-state index in [0.29, 0.717) is 18.2 Å². The zero-order chi connectivity index (χ0) is 14.4. The van der Waals surface area contributed by atoms with Gasteiger partial charge < -0.3 is 14.6 Å². The minimum atomic E-state index is -0.208. The average Bonchev–Trinajstić information content (AvgIpc) is 3.00. The van der Waals surface area contributed by atoms with Crippen LogP contribution in [0.25, 0.3) is 0 Å². The second-order valence-corrected chi connectivity index (χ2v) is 4.75. The number of benzene rings is 1. The number of nitrogens with one attached hydrogen (secondary N) is 1. The number of ether oxygens (including phenoxy) is 1. The molecule has 20 heavy (non-hydrogen) atoms. The van der Waals surface area contributed by atoms with Crippen LogP contribution in [-0.4, -0.2) is 24.7 Å². The number of amides is 1. The van der Waals surface area contributed by atoms with Gasteiger partial charge >= 0.3 is 0 Å². The van der Waals surface area contributed by atoms with Crippen molar-refractivity contribution in [2.45, 2.75) is 13.3 Å². The molecular weight excluding hydrogens is 256 g/mol. The van der Waals surface area contributed by atoms with Crippen LogP contribution in [-0.2, 0) is 6.42 Å². The summed E-state index contributed by atoms with van der Waals surface area (Å²) in [5, 5.41) is 6.44. The quantitative estimate of drug-likeness (QED) is 0.877. The highest BCUT2D eigenvalue weighted by Gasteiger charge is 2.10. The van der Waals surface area contributed by atoms with Crippen molar-refractivity contribution in [3.05, 3.63) is 47.9 Å². The summed E-state index contributed by atoms with van der Waals surface area (Å²) in [4.78, 5) is 11.7. The maximum Gasteiger partial charge on any atom is 0.273 e. The molecule has 1 aromatic carbocycles. The normalized spacial score (nSPS) is 11.9. The van der Waals surface area contributed by atoms with Gasteiger partial charge in [0.25, 0.3) is 5.91 Å². The largest absolute Gasteiger partial charge is 0.497 e. The SMILES string of the molecule is COc1ccc(C[C@H](C)CNC(=O)c2ccon2)cc1. The van der Waals surface area contributed by atoms with Gasteiger partial charge in [-0.25, -0.2) is 0 Å². The van der Waals surface area contributed by atoms with Gasteiger partial charge in [-0.3, -0.25) is 4.79 Å². The second kappa shape index (κ2) is 6.75. The minimum Gasteiger partial charge on any atom is -0.497 e. The van der Waals surface area contributed by atoms with E-state index in [9.17, 15) is 4.79 Å². The smallest absolute Gasteiger partial charge is 0.273 e. The fraction of sp³-hybridized carbons (Fsp3) is 0.333. The van der Waals surface area contributed by atoms with Crippen LogP contribution in [0.2, 0.25) is 0 Å². The third-order valence-electron chi connectivity index (χ3n) is 3.02. The maximum atomic E-state index is 11.7. The zero-order valence-corrected chi connectivity index (χ0v) is 11.6. The lowest BCUT2D eigenvalue weighted by Crippen LogP contribution is -2.29. The summed E-state index contributed by atoms with van der Waals surface area (Å²) in [5.74, 6) is 0.973. The molecule has 0 bridgehead atoms. The van der Waals surface area contributed by atoms with Gasteiger partial charge in [-0.05, 0) is 30.0 Å². The summed E-state index contributed by atoms with van der Waals surface area (Å²) in [5.41, 5.74) is 1.52. The van der Waals surface area contributed by atoms with E-state index in [1.165, 1.54) is 11.8 Å². The summed E-state index contributed by atoms with van der Waals surface area (Å²) in [6.07, 6.45) is 2.28. The highest BCUT2D eigenvalue weighted by Crippen LogP contribution is 2.14. The lowest BCUT2D eigenvalue weighted by atomic mass is 10.0. The molecule has 5 heteroatoms. The van der Waals surface area contributed by atoms with Gasteiger partial charge in [-0.15, -0.1) is 0 Å². The molecule has 1 N–H and O–H groups in total. The summed E-state index contributed by atoms with van der Waals surface area (Å²) in [6, 6.07) is 9.50. The van der Waals surface area contributed by atoms with E-state index < -0.39 is 0 Å². The molecule has 1 heterocycles. The average molecular weight is 274 g/mol. The lowest BCUT2D eigenvalue weighted by Gasteiger charge is -2.12. The van der Waals surface area contributed by atoms with E-state index in [4.69, 9.17) is 4.74 Å². The van der Waals surface area contributed by atoms with Crippen molar-refractivity contribution in [3.63, 3.8) is 0 Å². The molecule has 0 unspecified atom stereocenters. The zero-order valence-electron chi connectivity index (χ0n) is 11.6. The number of carbonyl (C=O) groups is 1. The number of hydrogen-bond donors (Lipinski definition) is 1. The Morgan fingerprint density at radius 2 is 2.10 bits per heavy atom. The van der Waals surface area contributed by atoms with E-state index in [1.807, 2.05) is 24.3 Å².